The summed E-state index contributed by atoms with van der Waals surface area (Å²) in [6, 6.07) is 2.29. The van der Waals surface area contributed by atoms with E-state index in [1.807, 2.05) is 0 Å². The maximum Gasteiger partial charge on any atom is 0.276 e. The van der Waals surface area contributed by atoms with Crippen molar-refractivity contribution in [2.45, 2.75) is 43.6 Å². The van der Waals surface area contributed by atoms with Gasteiger partial charge in [0.25, 0.3) is 5.91 Å². The highest BCUT2D eigenvalue weighted by Crippen LogP contribution is 2.66. The van der Waals surface area contributed by atoms with Crippen LogP contribution in [-0.4, -0.2) is 45.6 Å². The predicted octanol–water partition coefficient (Wildman–Crippen LogP) is 3.40. The summed E-state index contributed by atoms with van der Waals surface area (Å²) in [6.07, 6.45) is 6.73. The normalized spacial score (nSPS) is 25.6. The molecular weight excluding hydrogens is 476 g/mol. The molecule has 1 aromatic heterocycles. The van der Waals surface area contributed by atoms with E-state index in [1.165, 1.54) is 24.0 Å². The second-order valence-electron chi connectivity index (χ2n) is 8.80. The van der Waals surface area contributed by atoms with E-state index < -0.39 is 29.2 Å². The van der Waals surface area contributed by atoms with Gasteiger partial charge in [0.05, 0.1) is 28.8 Å². The number of fused-ring (bicyclic) bond motifs is 1. The molecule has 1 aliphatic carbocycles. The number of hydrogen-bond donors (Lipinski definition) is 2. The summed E-state index contributed by atoms with van der Waals surface area (Å²) in [5.41, 5.74) is 5.29. The van der Waals surface area contributed by atoms with Crippen molar-refractivity contribution in [2.75, 3.05) is 19.0 Å². The zero-order valence-corrected chi connectivity index (χ0v) is 20.5. The molecule has 35 heavy (non-hydrogen) atoms. The Balaban J connectivity index is 1.63. The van der Waals surface area contributed by atoms with E-state index in [1.54, 1.807) is 27.9 Å². The van der Waals surface area contributed by atoms with Crippen molar-refractivity contribution >= 4 is 28.5 Å². The van der Waals surface area contributed by atoms with Crippen LogP contribution in [0.2, 0.25) is 0 Å². The lowest BCUT2D eigenvalue weighted by molar-refractivity contribution is 0.102. The van der Waals surface area contributed by atoms with Gasteiger partial charge in [0, 0.05) is 30.3 Å². The summed E-state index contributed by atoms with van der Waals surface area (Å²) in [6.45, 7) is 5.37. The standard InChI is InChI=1S/C24H25F2N5O3S/c1-6-12(2)34-18-10-28-20(13(3)29-18)21(32)30-14-7-15(19(26)16(25)8-14)23(4)17-9-24(17,11-33-5)35-22(27)31-23/h1,7-8,10,12,17H,9,11H2,2-5H3,(H2,27,31)(H,30,32)/t12-,17-,23-,24+/m0/s1. The Morgan fingerprint density at radius 2 is 2.20 bits per heavy atom. The molecule has 0 bridgehead atoms. The smallest absolute Gasteiger partial charge is 0.276 e. The van der Waals surface area contributed by atoms with Crippen LogP contribution >= 0.6 is 11.8 Å². The van der Waals surface area contributed by atoms with Gasteiger partial charge in [-0.15, -0.1) is 6.42 Å². The first kappa shape index (κ1) is 24.9. The Morgan fingerprint density at radius 3 is 2.86 bits per heavy atom. The number of carbonyl (C=O) groups is 1. The van der Waals surface area contributed by atoms with Crippen LogP contribution < -0.4 is 15.8 Å². The summed E-state index contributed by atoms with van der Waals surface area (Å²) in [5.74, 6) is -0.328. The lowest BCUT2D eigenvalue weighted by Crippen LogP contribution is -2.38. The number of aryl methyl sites for hydroxylation is 1. The molecule has 0 radical (unpaired) electrons. The second-order valence-corrected chi connectivity index (χ2v) is 10.2. The average molecular weight is 502 g/mol. The molecule has 0 unspecified atom stereocenters. The molecule has 11 heteroatoms. The fraction of sp³-hybridized carbons (Fsp3) is 0.417. The molecule has 2 aromatic rings. The predicted molar refractivity (Wildman–Crippen MR) is 129 cm³/mol. The monoisotopic (exact) mass is 501 g/mol. The molecule has 1 aliphatic heterocycles. The molecule has 184 valence electrons. The number of halogens is 2. The van der Waals surface area contributed by atoms with E-state index in [2.05, 4.69) is 26.2 Å². The molecule has 4 rings (SSSR count). The Bertz CT molecular complexity index is 1270. The van der Waals surface area contributed by atoms with E-state index in [0.717, 1.165) is 6.07 Å². The number of aliphatic imine (C=N–C) groups is 1. The van der Waals surface area contributed by atoms with Crippen molar-refractivity contribution in [2.24, 2.45) is 16.6 Å². The molecule has 1 amide bonds. The number of terminal acetylenes is 1. The maximum atomic E-state index is 15.1. The molecule has 1 saturated carbocycles. The van der Waals surface area contributed by atoms with Gasteiger partial charge in [0.1, 0.15) is 5.69 Å². The fourth-order valence-electron chi connectivity index (χ4n) is 4.50. The number of methoxy groups -OCH3 is 1. The first-order chi connectivity index (χ1) is 16.5. The minimum absolute atomic E-state index is 0.000779. The molecule has 1 aromatic carbocycles. The number of nitrogens with zero attached hydrogens (tertiary/aromatic N) is 3. The van der Waals surface area contributed by atoms with Crippen LogP contribution in [0.1, 0.15) is 42.0 Å². The third-order valence-electron chi connectivity index (χ3n) is 6.25. The SMILES string of the molecule is C#C[C@H](C)Oc1cnc(C(=O)Nc2cc(F)c(F)c([C@]3(C)N=C(N)S[C@@]4(COC)C[C@H]43)c2)c(C)n1. The van der Waals surface area contributed by atoms with E-state index >= 15 is 4.39 Å². The molecular formula is C24H25F2N5O3S. The van der Waals surface area contributed by atoms with Crippen molar-refractivity contribution < 1.29 is 23.0 Å². The fourth-order valence-corrected chi connectivity index (χ4v) is 5.95. The van der Waals surface area contributed by atoms with Gasteiger partial charge in [-0.2, -0.15) is 0 Å². The van der Waals surface area contributed by atoms with Crippen molar-refractivity contribution in [1.82, 2.24) is 9.97 Å². The zero-order valence-electron chi connectivity index (χ0n) is 19.7. The molecule has 1 fully saturated rings. The number of aromatic nitrogens is 2. The minimum Gasteiger partial charge on any atom is -0.460 e. The van der Waals surface area contributed by atoms with E-state index in [4.69, 9.17) is 21.6 Å². The first-order valence-corrected chi connectivity index (χ1v) is 11.6. The van der Waals surface area contributed by atoms with Crippen LogP contribution in [0.3, 0.4) is 0 Å². The van der Waals surface area contributed by atoms with E-state index in [0.29, 0.717) is 13.0 Å². The number of rotatable bonds is 7. The van der Waals surface area contributed by atoms with Crippen LogP contribution in [0.4, 0.5) is 14.5 Å². The average Bonchev–Trinajstić information content (AvgIpc) is 3.50. The number of amides is 1. The highest BCUT2D eigenvalue weighted by molar-refractivity contribution is 8.15. The van der Waals surface area contributed by atoms with Crippen molar-refractivity contribution in [1.29, 1.82) is 0 Å². The highest BCUT2D eigenvalue weighted by Gasteiger charge is 2.66. The van der Waals surface area contributed by atoms with Gasteiger partial charge in [-0.3, -0.25) is 9.79 Å². The summed E-state index contributed by atoms with van der Waals surface area (Å²) < 4.78 is 40.1. The number of ether oxygens (including phenoxy) is 2. The Hall–Kier alpha value is -3.23. The van der Waals surface area contributed by atoms with Crippen molar-refractivity contribution in [3.8, 4) is 18.2 Å². The number of thioether (sulfide) groups is 1. The molecule has 2 heterocycles. The van der Waals surface area contributed by atoms with Crippen LogP contribution in [0.15, 0.2) is 23.3 Å². The number of hydrogen-bond acceptors (Lipinski definition) is 8. The summed E-state index contributed by atoms with van der Waals surface area (Å²) in [7, 11) is 1.58. The molecule has 3 N–H and O–H groups in total. The zero-order chi connectivity index (χ0) is 25.5. The Kier molecular flexibility index (Phi) is 6.46. The van der Waals surface area contributed by atoms with Gasteiger partial charge >= 0.3 is 0 Å². The lowest BCUT2D eigenvalue weighted by atomic mass is 9.85. The van der Waals surface area contributed by atoms with E-state index in [-0.39, 0.29) is 44.4 Å². The molecule has 2 aliphatic rings. The molecule has 0 spiro atoms. The van der Waals surface area contributed by atoms with Crippen LogP contribution in [0.5, 0.6) is 5.88 Å². The number of carbonyl (C=O) groups excluding carboxylic acids is 1. The van der Waals surface area contributed by atoms with Crippen LogP contribution in [0.25, 0.3) is 0 Å². The number of anilines is 1. The summed E-state index contributed by atoms with van der Waals surface area (Å²) in [4.78, 5) is 25.7. The minimum atomic E-state index is -1.12. The van der Waals surface area contributed by atoms with E-state index in [9.17, 15) is 9.18 Å². The van der Waals surface area contributed by atoms with Gasteiger partial charge in [-0.1, -0.05) is 17.7 Å². The maximum absolute atomic E-state index is 15.1. The second kappa shape index (κ2) is 9.09. The Morgan fingerprint density at radius 1 is 1.46 bits per heavy atom. The van der Waals surface area contributed by atoms with Gasteiger partial charge in [-0.05, 0) is 33.3 Å². The largest absolute Gasteiger partial charge is 0.460 e. The van der Waals surface area contributed by atoms with Gasteiger partial charge < -0.3 is 20.5 Å². The molecule has 0 saturated heterocycles. The molecule has 4 atom stereocenters. The van der Waals surface area contributed by atoms with Crippen LogP contribution in [0, 0.1) is 36.8 Å². The Labute approximate surface area is 206 Å². The van der Waals surface area contributed by atoms with Crippen molar-refractivity contribution in [3.63, 3.8) is 0 Å². The number of amidine groups is 1. The molecule has 8 nitrogen and oxygen atoms in total. The highest BCUT2D eigenvalue weighted by atomic mass is 32.2. The summed E-state index contributed by atoms with van der Waals surface area (Å²) in [5, 5.41) is 2.86. The van der Waals surface area contributed by atoms with Crippen LogP contribution in [-0.2, 0) is 10.3 Å². The third kappa shape index (κ3) is 4.56. The summed E-state index contributed by atoms with van der Waals surface area (Å²) >= 11 is 1.39. The number of nitrogens with two attached hydrogens (primary N) is 1. The first-order valence-electron chi connectivity index (χ1n) is 10.8. The van der Waals surface area contributed by atoms with Crippen molar-refractivity contribution in [3.05, 3.63) is 46.9 Å². The quantitative estimate of drug-likeness (QED) is 0.560. The number of benzene rings is 1. The topological polar surface area (TPSA) is 112 Å². The van der Waals surface area contributed by atoms with Gasteiger partial charge in [-0.25, -0.2) is 18.7 Å². The lowest BCUT2D eigenvalue weighted by Gasteiger charge is -2.34. The van der Waals surface area contributed by atoms with Gasteiger partial charge in [0.2, 0.25) is 5.88 Å². The third-order valence-corrected chi connectivity index (χ3v) is 7.52. The number of nitrogens with one attached hydrogen (secondary N) is 1. The van der Waals surface area contributed by atoms with Gasteiger partial charge in [0.15, 0.2) is 22.9 Å².